The van der Waals surface area contributed by atoms with Crippen LogP contribution in [0.25, 0.3) is 0 Å². The molecule has 100 valence electrons. The maximum Gasteiger partial charge on any atom is 0.345 e. The molecule has 0 amide bonds. The van der Waals surface area contributed by atoms with Crippen LogP contribution in [-0.4, -0.2) is 52.3 Å². The van der Waals surface area contributed by atoms with Crippen LogP contribution in [0.1, 0.15) is 10.4 Å². The van der Waals surface area contributed by atoms with Crippen LogP contribution in [-0.2, 0) is 4.74 Å². The van der Waals surface area contributed by atoms with E-state index in [0.717, 1.165) is 0 Å². The largest absolute Gasteiger partial charge is 0.496 e. The molecule has 0 N–H and O–H groups in total. The van der Waals surface area contributed by atoms with Crippen molar-refractivity contribution in [3.63, 3.8) is 0 Å². The summed E-state index contributed by atoms with van der Waals surface area (Å²) in [5.74, 6) is 0.458. The van der Waals surface area contributed by atoms with Crippen molar-refractivity contribution < 1.29 is 19.0 Å². The quantitative estimate of drug-likeness (QED) is 0.718. The van der Waals surface area contributed by atoms with Crippen molar-refractivity contribution in [3.05, 3.63) is 23.8 Å². The monoisotopic (exact) mass is 253 g/mol. The molecule has 0 fully saturated rings. The highest BCUT2D eigenvalue weighted by atomic mass is 16.5. The molecule has 1 aromatic rings. The molecule has 5 heteroatoms. The number of rotatable bonds is 6. The first-order valence-electron chi connectivity index (χ1n) is 5.63. The predicted octanol–water partition coefficient (Wildman–Crippen LogP) is 1.42. The molecular weight excluding hydrogens is 234 g/mol. The molecule has 0 aliphatic carbocycles. The summed E-state index contributed by atoms with van der Waals surface area (Å²) < 4.78 is 15.5. The molecule has 1 rings (SSSR count). The number of hydrogen-bond donors (Lipinski definition) is 0. The average molecular weight is 253 g/mol. The minimum Gasteiger partial charge on any atom is -0.496 e. The van der Waals surface area contributed by atoms with Gasteiger partial charge >= 0.3 is 5.97 Å². The number of likely N-dealkylation sites (N-methyl/N-ethyl adjacent to an activating group) is 1. The van der Waals surface area contributed by atoms with Crippen molar-refractivity contribution in [1.82, 2.24) is 4.90 Å². The topological polar surface area (TPSA) is 48.0 Å². The average Bonchev–Trinajstić information content (AvgIpc) is 2.36. The van der Waals surface area contributed by atoms with Crippen LogP contribution < -0.4 is 9.47 Å². The van der Waals surface area contributed by atoms with Gasteiger partial charge in [0.25, 0.3) is 0 Å². The molecule has 0 saturated carbocycles. The van der Waals surface area contributed by atoms with Gasteiger partial charge in [0, 0.05) is 6.54 Å². The summed E-state index contributed by atoms with van der Waals surface area (Å²) in [5, 5.41) is 0. The van der Waals surface area contributed by atoms with Crippen LogP contribution in [0.15, 0.2) is 18.2 Å². The molecular formula is C13H19NO4. The lowest BCUT2D eigenvalue weighted by molar-refractivity contribution is 0.0474. The Balaban J connectivity index is 2.83. The van der Waals surface area contributed by atoms with Crippen molar-refractivity contribution in [1.29, 1.82) is 0 Å². The number of carbonyl (C=O) groups is 1. The predicted molar refractivity (Wildman–Crippen MR) is 68.4 cm³/mol. The smallest absolute Gasteiger partial charge is 0.345 e. The fourth-order valence-corrected chi connectivity index (χ4v) is 1.45. The van der Waals surface area contributed by atoms with Gasteiger partial charge in [-0.1, -0.05) is 6.07 Å². The van der Waals surface area contributed by atoms with E-state index in [9.17, 15) is 4.79 Å². The van der Waals surface area contributed by atoms with Crippen molar-refractivity contribution in [2.75, 3.05) is 41.5 Å². The fourth-order valence-electron chi connectivity index (χ4n) is 1.45. The summed E-state index contributed by atoms with van der Waals surface area (Å²) in [5.41, 5.74) is 0.321. The van der Waals surface area contributed by atoms with Gasteiger partial charge in [0.05, 0.1) is 14.2 Å². The number of benzene rings is 1. The maximum absolute atomic E-state index is 12.0. The van der Waals surface area contributed by atoms with E-state index in [1.165, 1.54) is 14.2 Å². The third-order valence-corrected chi connectivity index (χ3v) is 2.40. The van der Waals surface area contributed by atoms with Gasteiger partial charge in [-0.3, -0.25) is 0 Å². The number of hydrogen-bond acceptors (Lipinski definition) is 5. The second-order valence-corrected chi connectivity index (χ2v) is 3.98. The number of carbonyl (C=O) groups excluding carboxylic acids is 1. The Bertz CT molecular complexity index is 382. The maximum atomic E-state index is 12.0. The molecule has 0 radical (unpaired) electrons. The Labute approximate surface area is 107 Å². The molecule has 18 heavy (non-hydrogen) atoms. The summed E-state index contributed by atoms with van der Waals surface area (Å²) >= 11 is 0. The van der Waals surface area contributed by atoms with Crippen LogP contribution in [0.2, 0.25) is 0 Å². The first-order chi connectivity index (χ1) is 8.60. The second kappa shape index (κ2) is 6.86. The lowest BCUT2D eigenvalue weighted by Gasteiger charge is -2.13. The van der Waals surface area contributed by atoms with Gasteiger partial charge in [-0.2, -0.15) is 0 Å². The lowest BCUT2D eigenvalue weighted by Crippen LogP contribution is -2.20. The Kier molecular flexibility index (Phi) is 5.45. The number of ether oxygens (including phenoxy) is 3. The van der Waals surface area contributed by atoms with Crippen molar-refractivity contribution in [3.8, 4) is 11.5 Å². The van der Waals surface area contributed by atoms with E-state index in [2.05, 4.69) is 0 Å². The SMILES string of the molecule is COc1cccc(OC)c1C(=O)OCCN(C)C. The zero-order valence-electron chi connectivity index (χ0n) is 11.2. The van der Waals surface area contributed by atoms with Crippen LogP contribution in [0.3, 0.4) is 0 Å². The zero-order chi connectivity index (χ0) is 13.5. The highest BCUT2D eigenvalue weighted by Crippen LogP contribution is 2.28. The molecule has 0 saturated heterocycles. The van der Waals surface area contributed by atoms with Gasteiger partial charge in [0.15, 0.2) is 0 Å². The highest BCUT2D eigenvalue weighted by Gasteiger charge is 2.19. The third kappa shape index (κ3) is 3.63. The molecule has 1 aromatic carbocycles. The molecule has 0 atom stereocenters. The van der Waals surface area contributed by atoms with Crippen molar-refractivity contribution in [2.24, 2.45) is 0 Å². The van der Waals surface area contributed by atoms with E-state index in [-0.39, 0.29) is 0 Å². The van der Waals surface area contributed by atoms with Gasteiger partial charge in [-0.05, 0) is 26.2 Å². The summed E-state index contributed by atoms with van der Waals surface area (Å²) in [6.45, 7) is 0.996. The third-order valence-electron chi connectivity index (χ3n) is 2.40. The summed E-state index contributed by atoms with van der Waals surface area (Å²) in [6, 6.07) is 5.16. The number of methoxy groups -OCH3 is 2. The van der Waals surface area contributed by atoms with Crippen molar-refractivity contribution >= 4 is 5.97 Å². The van der Waals surface area contributed by atoms with Gasteiger partial charge in [0.2, 0.25) is 0 Å². The molecule has 0 bridgehead atoms. The standard InChI is InChI=1S/C13H19NO4/c1-14(2)8-9-18-13(15)12-10(16-3)6-5-7-11(12)17-4/h5-7H,8-9H2,1-4H3. The number of esters is 1. The summed E-state index contributed by atoms with van der Waals surface area (Å²) in [4.78, 5) is 13.9. The Morgan fingerprint density at radius 2 is 1.72 bits per heavy atom. The second-order valence-electron chi connectivity index (χ2n) is 3.98. The van der Waals surface area contributed by atoms with Crippen molar-refractivity contribution in [2.45, 2.75) is 0 Å². The van der Waals surface area contributed by atoms with Gasteiger partial charge in [-0.15, -0.1) is 0 Å². The van der Waals surface area contributed by atoms with Gasteiger partial charge in [0.1, 0.15) is 23.7 Å². The highest BCUT2D eigenvalue weighted by molar-refractivity contribution is 5.95. The van der Waals surface area contributed by atoms with E-state index in [4.69, 9.17) is 14.2 Å². The zero-order valence-corrected chi connectivity index (χ0v) is 11.2. The minimum absolute atomic E-state index is 0.321. The fraction of sp³-hybridized carbons (Fsp3) is 0.462. The molecule has 0 aromatic heterocycles. The van der Waals surface area contributed by atoms with Crippen LogP contribution in [0.5, 0.6) is 11.5 Å². The van der Waals surface area contributed by atoms with E-state index >= 15 is 0 Å². The number of nitrogens with zero attached hydrogens (tertiary/aromatic N) is 1. The normalized spacial score (nSPS) is 10.3. The minimum atomic E-state index is -0.439. The van der Waals surface area contributed by atoms with E-state index < -0.39 is 5.97 Å². The lowest BCUT2D eigenvalue weighted by atomic mass is 10.2. The molecule has 0 spiro atoms. The molecule has 0 unspecified atom stereocenters. The van der Waals surface area contributed by atoms with Crippen LogP contribution in [0.4, 0.5) is 0 Å². The molecule has 5 nitrogen and oxygen atoms in total. The van der Waals surface area contributed by atoms with E-state index in [0.29, 0.717) is 30.2 Å². The summed E-state index contributed by atoms with van der Waals surface area (Å²) in [6.07, 6.45) is 0. The Morgan fingerprint density at radius 1 is 1.17 bits per heavy atom. The van der Waals surface area contributed by atoms with E-state index in [1.807, 2.05) is 19.0 Å². The Morgan fingerprint density at radius 3 is 2.17 bits per heavy atom. The molecule has 0 heterocycles. The van der Waals surface area contributed by atoms with Gasteiger partial charge < -0.3 is 19.1 Å². The van der Waals surface area contributed by atoms with Crippen LogP contribution >= 0.6 is 0 Å². The first kappa shape index (κ1) is 14.3. The molecule has 0 aliphatic heterocycles. The first-order valence-corrected chi connectivity index (χ1v) is 5.63. The van der Waals surface area contributed by atoms with E-state index in [1.54, 1.807) is 18.2 Å². The molecule has 0 aliphatic rings. The van der Waals surface area contributed by atoms with Crippen LogP contribution in [0, 0.1) is 0 Å². The Hall–Kier alpha value is -1.75. The van der Waals surface area contributed by atoms with Gasteiger partial charge in [-0.25, -0.2) is 4.79 Å². The summed E-state index contributed by atoms with van der Waals surface area (Å²) in [7, 11) is 6.84.